The number of primary amides is 1. The van der Waals surface area contributed by atoms with Crippen molar-refractivity contribution in [1.82, 2.24) is 21.3 Å². The van der Waals surface area contributed by atoms with Gasteiger partial charge >= 0.3 is 0 Å². The largest absolute Gasteiger partial charge is 0.370 e. The van der Waals surface area contributed by atoms with Crippen molar-refractivity contribution in [2.75, 3.05) is 6.54 Å². The molecule has 1 aliphatic rings. The van der Waals surface area contributed by atoms with Crippen LogP contribution in [0.2, 0.25) is 0 Å². The Kier molecular flexibility index (Phi) is 10.6. The van der Waals surface area contributed by atoms with E-state index in [1.54, 1.807) is 27.7 Å². The highest BCUT2D eigenvalue weighted by Gasteiger charge is 2.43. The molecule has 0 aromatic rings. The van der Waals surface area contributed by atoms with Gasteiger partial charge in [0.05, 0.1) is 0 Å². The van der Waals surface area contributed by atoms with Crippen LogP contribution in [0.4, 0.5) is 0 Å². The van der Waals surface area contributed by atoms with Crippen LogP contribution >= 0.6 is 0 Å². The number of hydrogen-bond acceptors (Lipinski definition) is 5. The van der Waals surface area contributed by atoms with Crippen LogP contribution in [0.5, 0.6) is 0 Å². The van der Waals surface area contributed by atoms with E-state index in [9.17, 15) is 19.2 Å². The first-order valence-electron chi connectivity index (χ1n) is 11.8. The van der Waals surface area contributed by atoms with E-state index in [-0.39, 0.29) is 24.2 Å². The molecule has 0 aromatic heterocycles. The van der Waals surface area contributed by atoms with Gasteiger partial charge in [0.1, 0.15) is 17.1 Å². The zero-order valence-electron chi connectivity index (χ0n) is 20.3. The highest BCUT2D eigenvalue weighted by molar-refractivity contribution is 5.97. The van der Waals surface area contributed by atoms with Gasteiger partial charge in [0, 0.05) is 12.5 Å². The Morgan fingerprint density at radius 3 is 2.06 bits per heavy atom. The lowest BCUT2D eigenvalue weighted by molar-refractivity contribution is -0.138. The van der Waals surface area contributed by atoms with Gasteiger partial charge in [-0.1, -0.05) is 40.5 Å². The Morgan fingerprint density at radius 2 is 1.61 bits per heavy atom. The molecule has 1 rings (SSSR count). The Bertz CT molecular complexity index is 728. The number of nitrogens with one attached hydrogen (secondary N) is 5. The van der Waals surface area contributed by atoms with Crippen molar-refractivity contribution in [2.24, 2.45) is 17.4 Å². The maximum Gasteiger partial charge on any atom is 0.246 e. The van der Waals surface area contributed by atoms with E-state index in [0.29, 0.717) is 38.6 Å². The van der Waals surface area contributed by atoms with Gasteiger partial charge in [-0.3, -0.25) is 24.6 Å². The zero-order chi connectivity index (χ0) is 25.2. The Hall–Kier alpha value is -2.85. The molecule has 0 spiro atoms. The molecule has 33 heavy (non-hydrogen) atoms. The Labute approximate surface area is 196 Å². The topological polar surface area (TPSA) is 192 Å². The van der Waals surface area contributed by atoms with Crippen LogP contribution in [0, 0.1) is 11.3 Å². The Morgan fingerprint density at radius 1 is 1.03 bits per heavy atom. The zero-order valence-corrected chi connectivity index (χ0v) is 20.3. The monoisotopic (exact) mass is 467 g/mol. The number of rotatable bonds is 13. The summed E-state index contributed by atoms with van der Waals surface area (Å²) in [7, 11) is 0. The van der Waals surface area contributed by atoms with E-state index >= 15 is 0 Å². The molecule has 11 nitrogen and oxygen atoms in total. The summed E-state index contributed by atoms with van der Waals surface area (Å²) in [5, 5.41) is 18.3. The second kappa shape index (κ2) is 12.4. The number of carbonyl (C=O) groups is 4. The fourth-order valence-electron chi connectivity index (χ4n) is 4.01. The summed E-state index contributed by atoms with van der Waals surface area (Å²) >= 11 is 0. The quantitative estimate of drug-likeness (QED) is 0.113. The highest BCUT2D eigenvalue weighted by atomic mass is 16.2. The first-order chi connectivity index (χ1) is 15.4. The smallest absolute Gasteiger partial charge is 0.246 e. The minimum absolute atomic E-state index is 0.189. The number of guanidine groups is 1. The van der Waals surface area contributed by atoms with Crippen LogP contribution in [0.25, 0.3) is 0 Å². The molecule has 0 bridgehead atoms. The lowest BCUT2D eigenvalue weighted by atomic mass is 9.90. The average Bonchev–Trinajstić information content (AvgIpc) is 3.23. The maximum atomic E-state index is 13.3. The third kappa shape index (κ3) is 7.61. The van der Waals surface area contributed by atoms with Crippen molar-refractivity contribution in [1.29, 1.82) is 5.41 Å². The molecule has 9 N–H and O–H groups in total. The number of hydrogen-bond donors (Lipinski definition) is 7. The van der Waals surface area contributed by atoms with Crippen molar-refractivity contribution in [3.05, 3.63) is 0 Å². The van der Waals surface area contributed by atoms with Crippen LogP contribution < -0.4 is 32.7 Å². The van der Waals surface area contributed by atoms with Crippen LogP contribution in [0.1, 0.15) is 79.1 Å². The van der Waals surface area contributed by atoms with Crippen molar-refractivity contribution in [3.63, 3.8) is 0 Å². The lowest BCUT2D eigenvalue weighted by Crippen LogP contribution is -2.64. The first-order valence-corrected chi connectivity index (χ1v) is 11.8. The third-order valence-electron chi connectivity index (χ3n) is 6.43. The van der Waals surface area contributed by atoms with E-state index in [1.807, 2.05) is 0 Å². The minimum Gasteiger partial charge on any atom is -0.370 e. The summed E-state index contributed by atoms with van der Waals surface area (Å²) < 4.78 is 0. The maximum absolute atomic E-state index is 13.3. The van der Waals surface area contributed by atoms with Gasteiger partial charge < -0.3 is 32.7 Å². The molecule has 0 unspecified atom stereocenters. The summed E-state index contributed by atoms with van der Waals surface area (Å²) in [4.78, 5) is 51.0. The Balaban J connectivity index is 3.07. The standard InChI is InChI=1S/C22H41N7O4/c1-5-21(6-2,28-16(30)14(3)4)19(33)27-15(10-9-13-26-20(24)25)17(31)29-22(18(23)32)11-7-8-12-22/h14-15H,5-13H2,1-4H3,(H2,23,32)(H,27,33)(H,28,30)(H,29,31)(H4,24,25,26)/t15-/m1/s1. The third-order valence-corrected chi connectivity index (χ3v) is 6.43. The fourth-order valence-corrected chi connectivity index (χ4v) is 4.01. The van der Waals surface area contributed by atoms with E-state index in [2.05, 4.69) is 21.3 Å². The molecule has 11 heteroatoms. The van der Waals surface area contributed by atoms with Gasteiger partial charge in [0.2, 0.25) is 23.6 Å². The predicted octanol–water partition coefficient (Wildman–Crippen LogP) is -0.0202. The van der Waals surface area contributed by atoms with Crippen LogP contribution in [0.3, 0.4) is 0 Å². The first kappa shape index (κ1) is 28.2. The van der Waals surface area contributed by atoms with Gasteiger partial charge in [-0.25, -0.2) is 0 Å². The van der Waals surface area contributed by atoms with E-state index in [0.717, 1.165) is 12.8 Å². The summed E-state index contributed by atoms with van der Waals surface area (Å²) in [5.74, 6) is -2.28. The van der Waals surface area contributed by atoms with E-state index in [4.69, 9.17) is 16.9 Å². The molecule has 1 saturated carbocycles. The summed E-state index contributed by atoms with van der Waals surface area (Å²) in [6, 6.07) is -0.948. The molecule has 0 aromatic carbocycles. The molecular formula is C22H41N7O4. The van der Waals surface area contributed by atoms with Crippen molar-refractivity contribution < 1.29 is 19.2 Å². The minimum atomic E-state index is -1.16. The molecule has 4 amide bonds. The van der Waals surface area contributed by atoms with E-state index in [1.165, 1.54) is 0 Å². The van der Waals surface area contributed by atoms with Gasteiger partial charge in [-0.15, -0.1) is 0 Å². The average molecular weight is 468 g/mol. The molecule has 1 aliphatic carbocycles. The summed E-state index contributed by atoms with van der Waals surface area (Å²) in [5.41, 5.74) is 8.63. The lowest BCUT2D eigenvalue weighted by Gasteiger charge is -2.35. The normalized spacial score (nSPS) is 16.0. The van der Waals surface area contributed by atoms with Crippen LogP contribution in [-0.4, -0.2) is 53.3 Å². The van der Waals surface area contributed by atoms with Crippen molar-refractivity contribution >= 4 is 29.6 Å². The number of nitrogens with two attached hydrogens (primary N) is 2. The molecule has 1 atom stereocenters. The fraction of sp³-hybridized carbons (Fsp3) is 0.773. The van der Waals surface area contributed by atoms with Crippen molar-refractivity contribution in [3.8, 4) is 0 Å². The molecule has 188 valence electrons. The predicted molar refractivity (Wildman–Crippen MR) is 126 cm³/mol. The van der Waals surface area contributed by atoms with Gasteiger partial charge in [-0.05, 0) is 38.5 Å². The molecular weight excluding hydrogens is 426 g/mol. The number of amides is 4. The van der Waals surface area contributed by atoms with Crippen molar-refractivity contribution in [2.45, 2.75) is 96.2 Å². The van der Waals surface area contributed by atoms with Crippen LogP contribution in [-0.2, 0) is 19.2 Å². The second-order valence-corrected chi connectivity index (χ2v) is 9.08. The van der Waals surface area contributed by atoms with E-state index < -0.39 is 34.8 Å². The van der Waals surface area contributed by atoms with Gasteiger partial charge in [0.25, 0.3) is 0 Å². The molecule has 0 heterocycles. The molecule has 0 saturated heterocycles. The van der Waals surface area contributed by atoms with Gasteiger partial charge in [0.15, 0.2) is 5.96 Å². The second-order valence-electron chi connectivity index (χ2n) is 9.08. The molecule has 1 fully saturated rings. The summed E-state index contributed by atoms with van der Waals surface area (Å²) in [6.07, 6.45) is 3.84. The van der Waals surface area contributed by atoms with Gasteiger partial charge in [-0.2, -0.15) is 0 Å². The molecule has 0 aliphatic heterocycles. The SMILES string of the molecule is CCC(CC)(NC(=O)C(C)C)C(=O)N[C@H](CCCNC(=N)N)C(=O)NC1(C(N)=O)CCCC1. The number of carbonyl (C=O) groups excluding carboxylic acids is 4. The van der Waals surface area contributed by atoms with Crippen LogP contribution in [0.15, 0.2) is 0 Å². The summed E-state index contributed by atoms with van der Waals surface area (Å²) in [6.45, 7) is 7.43. The highest BCUT2D eigenvalue weighted by Crippen LogP contribution is 2.29. The molecule has 0 radical (unpaired) electrons.